The predicted octanol–water partition coefficient (Wildman–Crippen LogP) is 2.30. The van der Waals surface area contributed by atoms with Gasteiger partial charge in [-0.25, -0.2) is 0 Å². The number of carbonyl (C=O) groups is 1. The molecule has 1 aromatic carbocycles. The highest BCUT2D eigenvalue weighted by molar-refractivity contribution is 8.00. The Labute approximate surface area is 106 Å². The van der Waals surface area contributed by atoms with Gasteiger partial charge in [0.25, 0.3) is 0 Å². The summed E-state index contributed by atoms with van der Waals surface area (Å²) >= 11 is 1.56. The molecule has 1 heterocycles. The molecule has 0 saturated carbocycles. The zero-order chi connectivity index (χ0) is 12.1. The van der Waals surface area contributed by atoms with Crippen molar-refractivity contribution in [2.75, 3.05) is 13.1 Å². The predicted molar refractivity (Wildman–Crippen MR) is 70.3 cm³/mol. The molecule has 1 saturated heterocycles. The van der Waals surface area contributed by atoms with E-state index >= 15 is 0 Å². The van der Waals surface area contributed by atoms with Crippen LogP contribution in [0.3, 0.4) is 0 Å². The molecule has 0 spiro atoms. The van der Waals surface area contributed by atoms with Gasteiger partial charge in [0, 0.05) is 11.8 Å². The van der Waals surface area contributed by atoms with E-state index in [1.54, 1.807) is 11.8 Å². The molecule has 1 aromatic rings. The van der Waals surface area contributed by atoms with Gasteiger partial charge in [-0.15, -0.1) is 11.8 Å². The molecule has 1 aliphatic rings. The second-order valence-electron chi connectivity index (χ2n) is 4.23. The minimum Gasteiger partial charge on any atom is -0.480 e. The lowest BCUT2D eigenvalue weighted by atomic mass is 10.1. The molecule has 4 heteroatoms. The summed E-state index contributed by atoms with van der Waals surface area (Å²) in [5, 5.41) is 12.6. The SMILES string of the molecule is O=C(O)C(SC1CCCNC1)c1ccccc1. The molecule has 0 aromatic heterocycles. The number of rotatable bonds is 4. The van der Waals surface area contributed by atoms with Crippen molar-refractivity contribution in [3.8, 4) is 0 Å². The van der Waals surface area contributed by atoms with E-state index in [9.17, 15) is 9.90 Å². The molecule has 2 N–H and O–H groups in total. The average Bonchev–Trinajstić information content (AvgIpc) is 2.38. The minimum atomic E-state index is -0.744. The lowest BCUT2D eigenvalue weighted by Gasteiger charge is -2.25. The fourth-order valence-corrected chi connectivity index (χ4v) is 3.37. The van der Waals surface area contributed by atoms with E-state index in [1.807, 2.05) is 30.3 Å². The quantitative estimate of drug-likeness (QED) is 0.862. The molecular weight excluding hydrogens is 234 g/mol. The average molecular weight is 251 g/mol. The molecule has 0 amide bonds. The summed E-state index contributed by atoms with van der Waals surface area (Å²) in [4.78, 5) is 11.3. The Balaban J connectivity index is 2.05. The highest BCUT2D eigenvalue weighted by atomic mass is 32.2. The highest BCUT2D eigenvalue weighted by Crippen LogP contribution is 2.34. The van der Waals surface area contributed by atoms with E-state index in [2.05, 4.69) is 5.32 Å². The van der Waals surface area contributed by atoms with Crippen molar-refractivity contribution >= 4 is 17.7 Å². The molecule has 2 unspecified atom stereocenters. The number of aliphatic carboxylic acids is 1. The van der Waals surface area contributed by atoms with Gasteiger partial charge in [-0.05, 0) is 24.9 Å². The van der Waals surface area contributed by atoms with Crippen molar-refractivity contribution in [1.82, 2.24) is 5.32 Å². The normalized spacial score (nSPS) is 22.0. The van der Waals surface area contributed by atoms with Crippen LogP contribution in [0.25, 0.3) is 0 Å². The van der Waals surface area contributed by atoms with Crippen molar-refractivity contribution in [3.63, 3.8) is 0 Å². The second-order valence-corrected chi connectivity index (χ2v) is 5.64. The first-order valence-electron chi connectivity index (χ1n) is 5.91. The van der Waals surface area contributed by atoms with Crippen molar-refractivity contribution in [2.24, 2.45) is 0 Å². The third-order valence-electron chi connectivity index (χ3n) is 2.91. The summed E-state index contributed by atoms with van der Waals surface area (Å²) in [6, 6.07) is 9.48. The summed E-state index contributed by atoms with van der Waals surface area (Å²) in [7, 11) is 0. The van der Waals surface area contributed by atoms with Gasteiger partial charge in [-0.1, -0.05) is 30.3 Å². The summed E-state index contributed by atoms with van der Waals surface area (Å²) in [5.41, 5.74) is 0.885. The zero-order valence-electron chi connectivity index (χ0n) is 9.63. The second kappa shape index (κ2) is 6.07. The van der Waals surface area contributed by atoms with Crippen LogP contribution in [-0.4, -0.2) is 29.4 Å². The molecule has 0 aliphatic carbocycles. The Morgan fingerprint density at radius 1 is 1.41 bits per heavy atom. The molecule has 0 bridgehead atoms. The Morgan fingerprint density at radius 3 is 2.76 bits per heavy atom. The maximum atomic E-state index is 11.3. The largest absolute Gasteiger partial charge is 0.480 e. The summed E-state index contributed by atoms with van der Waals surface area (Å²) in [6.07, 6.45) is 2.24. The van der Waals surface area contributed by atoms with E-state index in [4.69, 9.17) is 0 Å². The standard InChI is InChI=1S/C13H17NO2S/c15-13(16)12(10-5-2-1-3-6-10)17-11-7-4-8-14-9-11/h1-3,5-6,11-12,14H,4,7-9H2,(H,15,16). The summed E-state index contributed by atoms with van der Waals surface area (Å²) in [5.74, 6) is -0.744. The number of nitrogens with one attached hydrogen (secondary N) is 1. The number of hydrogen-bond acceptors (Lipinski definition) is 3. The molecule has 2 atom stereocenters. The Hall–Kier alpha value is -1.00. The van der Waals surface area contributed by atoms with Crippen LogP contribution in [0.15, 0.2) is 30.3 Å². The maximum Gasteiger partial charge on any atom is 0.321 e. The third-order valence-corrected chi connectivity index (χ3v) is 4.44. The smallest absolute Gasteiger partial charge is 0.321 e. The molecule has 17 heavy (non-hydrogen) atoms. The van der Waals surface area contributed by atoms with Crippen molar-refractivity contribution < 1.29 is 9.90 Å². The first kappa shape index (κ1) is 12.5. The molecule has 0 radical (unpaired) electrons. The first-order chi connectivity index (χ1) is 8.27. The number of hydrogen-bond donors (Lipinski definition) is 2. The van der Waals surface area contributed by atoms with Crippen LogP contribution in [0.5, 0.6) is 0 Å². The van der Waals surface area contributed by atoms with Gasteiger partial charge in [0.15, 0.2) is 0 Å². The van der Waals surface area contributed by atoms with Crippen LogP contribution in [0.1, 0.15) is 23.7 Å². The van der Waals surface area contributed by atoms with Gasteiger partial charge in [0.1, 0.15) is 5.25 Å². The number of benzene rings is 1. The maximum absolute atomic E-state index is 11.3. The van der Waals surface area contributed by atoms with E-state index in [0.717, 1.165) is 31.5 Å². The lowest BCUT2D eigenvalue weighted by Crippen LogP contribution is -2.32. The van der Waals surface area contributed by atoms with Crippen LogP contribution in [0, 0.1) is 0 Å². The van der Waals surface area contributed by atoms with Gasteiger partial charge >= 0.3 is 5.97 Å². The number of carboxylic acid groups (broad SMARTS) is 1. The van der Waals surface area contributed by atoms with Gasteiger partial charge in [-0.3, -0.25) is 4.79 Å². The van der Waals surface area contributed by atoms with Gasteiger partial charge in [-0.2, -0.15) is 0 Å². The number of piperidine rings is 1. The van der Waals surface area contributed by atoms with E-state index in [0.29, 0.717) is 5.25 Å². The van der Waals surface area contributed by atoms with Crippen LogP contribution in [0.4, 0.5) is 0 Å². The van der Waals surface area contributed by atoms with Gasteiger partial charge in [0.2, 0.25) is 0 Å². The van der Waals surface area contributed by atoms with Crippen molar-refractivity contribution in [2.45, 2.75) is 23.3 Å². The van der Waals surface area contributed by atoms with Crippen molar-refractivity contribution in [3.05, 3.63) is 35.9 Å². The molecule has 92 valence electrons. The van der Waals surface area contributed by atoms with E-state index in [1.165, 1.54) is 0 Å². The van der Waals surface area contributed by atoms with Gasteiger partial charge < -0.3 is 10.4 Å². The van der Waals surface area contributed by atoms with Crippen LogP contribution < -0.4 is 5.32 Å². The third kappa shape index (κ3) is 3.48. The molecule has 1 aliphatic heterocycles. The molecule has 3 nitrogen and oxygen atoms in total. The monoisotopic (exact) mass is 251 g/mol. The molecular formula is C13H17NO2S. The van der Waals surface area contributed by atoms with E-state index < -0.39 is 11.2 Å². The topological polar surface area (TPSA) is 49.3 Å². The highest BCUT2D eigenvalue weighted by Gasteiger charge is 2.25. The van der Waals surface area contributed by atoms with Crippen LogP contribution >= 0.6 is 11.8 Å². The van der Waals surface area contributed by atoms with Gasteiger partial charge in [0.05, 0.1) is 0 Å². The Bertz CT molecular complexity index is 363. The lowest BCUT2D eigenvalue weighted by molar-refractivity contribution is -0.136. The van der Waals surface area contributed by atoms with Crippen molar-refractivity contribution in [1.29, 1.82) is 0 Å². The van der Waals surface area contributed by atoms with Crippen LogP contribution in [-0.2, 0) is 4.79 Å². The van der Waals surface area contributed by atoms with E-state index in [-0.39, 0.29) is 0 Å². The zero-order valence-corrected chi connectivity index (χ0v) is 10.5. The van der Waals surface area contributed by atoms with Crippen LogP contribution in [0.2, 0.25) is 0 Å². The summed E-state index contributed by atoms with van der Waals surface area (Å²) < 4.78 is 0. The molecule has 1 fully saturated rings. The summed E-state index contributed by atoms with van der Waals surface area (Å²) in [6.45, 7) is 1.97. The fraction of sp³-hybridized carbons (Fsp3) is 0.462. The number of carboxylic acids is 1. The Morgan fingerprint density at radius 2 is 2.18 bits per heavy atom. The minimum absolute atomic E-state index is 0.407. The Kier molecular flexibility index (Phi) is 4.45. The first-order valence-corrected chi connectivity index (χ1v) is 6.85. The number of thioether (sulfide) groups is 1. The fourth-order valence-electron chi connectivity index (χ4n) is 2.04. The molecule has 2 rings (SSSR count).